The SMILES string of the molecule is CCOC(=O)c1cc([C@H]2Nc3ccc(C)cc3[C@@H]3OCCC[C@H]23)n(C)n1. The highest BCUT2D eigenvalue weighted by Crippen LogP contribution is 2.49. The van der Waals surface area contributed by atoms with Crippen molar-refractivity contribution < 1.29 is 14.3 Å². The molecule has 1 aromatic heterocycles. The van der Waals surface area contributed by atoms with Crippen LogP contribution in [0.15, 0.2) is 24.3 Å². The van der Waals surface area contributed by atoms with Crippen molar-refractivity contribution in [1.29, 1.82) is 0 Å². The molecular formula is C20H25N3O3. The lowest BCUT2D eigenvalue weighted by atomic mass is 9.78. The summed E-state index contributed by atoms with van der Waals surface area (Å²) in [4.78, 5) is 12.1. The summed E-state index contributed by atoms with van der Waals surface area (Å²) in [6.07, 6.45) is 2.20. The number of carbonyl (C=O) groups excluding carboxylic acids is 1. The standard InChI is InChI=1S/C20H25N3O3/c1-4-25-20(24)16-11-17(23(3)22-16)18-13-6-5-9-26-19(13)14-10-12(2)7-8-15(14)21-18/h7-8,10-11,13,18-19,21H,4-6,9H2,1-3H3/t13-,18+,19-/m1/s1. The third-order valence-corrected chi connectivity index (χ3v) is 5.34. The molecule has 2 aliphatic rings. The Hall–Kier alpha value is -2.34. The van der Waals surface area contributed by atoms with Crippen LogP contribution >= 0.6 is 0 Å². The number of ether oxygens (including phenoxy) is 2. The number of hydrogen-bond donors (Lipinski definition) is 1. The highest BCUT2D eigenvalue weighted by atomic mass is 16.5. The van der Waals surface area contributed by atoms with Crippen LogP contribution in [0.2, 0.25) is 0 Å². The summed E-state index contributed by atoms with van der Waals surface area (Å²) >= 11 is 0. The van der Waals surface area contributed by atoms with Gasteiger partial charge in [-0.3, -0.25) is 4.68 Å². The number of aryl methyl sites for hydroxylation is 2. The van der Waals surface area contributed by atoms with Crippen LogP contribution in [-0.4, -0.2) is 29.0 Å². The molecule has 4 rings (SSSR count). The lowest BCUT2D eigenvalue weighted by Crippen LogP contribution is -2.36. The smallest absolute Gasteiger partial charge is 0.358 e. The molecule has 0 amide bonds. The summed E-state index contributed by atoms with van der Waals surface area (Å²) in [5, 5.41) is 8.05. The van der Waals surface area contributed by atoms with Gasteiger partial charge in [0.1, 0.15) is 0 Å². The van der Waals surface area contributed by atoms with Gasteiger partial charge in [-0.25, -0.2) is 4.79 Å². The molecule has 2 aromatic rings. The van der Waals surface area contributed by atoms with Gasteiger partial charge in [0.2, 0.25) is 0 Å². The first-order chi connectivity index (χ1) is 12.6. The third-order valence-electron chi connectivity index (χ3n) is 5.34. The predicted octanol–water partition coefficient (Wildman–Crippen LogP) is 3.54. The fraction of sp³-hybridized carbons (Fsp3) is 0.500. The second kappa shape index (κ2) is 6.76. The zero-order valence-electron chi connectivity index (χ0n) is 15.5. The van der Waals surface area contributed by atoms with E-state index in [9.17, 15) is 4.79 Å². The molecule has 1 saturated heterocycles. The molecule has 0 aliphatic carbocycles. The van der Waals surface area contributed by atoms with Gasteiger partial charge in [0.15, 0.2) is 5.69 Å². The summed E-state index contributed by atoms with van der Waals surface area (Å²) in [6.45, 7) is 5.04. The minimum absolute atomic E-state index is 0.0520. The van der Waals surface area contributed by atoms with E-state index in [1.807, 2.05) is 13.1 Å². The van der Waals surface area contributed by atoms with Crippen LogP contribution in [0.3, 0.4) is 0 Å². The molecule has 2 aliphatic heterocycles. The summed E-state index contributed by atoms with van der Waals surface area (Å²) in [6, 6.07) is 8.35. The van der Waals surface area contributed by atoms with Gasteiger partial charge in [0, 0.05) is 30.8 Å². The Morgan fingerprint density at radius 3 is 3.08 bits per heavy atom. The molecule has 1 aromatic carbocycles. The van der Waals surface area contributed by atoms with Crippen molar-refractivity contribution >= 4 is 11.7 Å². The van der Waals surface area contributed by atoms with Crippen LogP contribution in [0.25, 0.3) is 0 Å². The zero-order valence-corrected chi connectivity index (χ0v) is 15.5. The molecule has 138 valence electrons. The van der Waals surface area contributed by atoms with E-state index in [4.69, 9.17) is 9.47 Å². The molecule has 1 N–H and O–H groups in total. The van der Waals surface area contributed by atoms with Crippen LogP contribution < -0.4 is 5.32 Å². The van der Waals surface area contributed by atoms with E-state index in [-0.39, 0.29) is 18.1 Å². The van der Waals surface area contributed by atoms with Gasteiger partial charge in [0.25, 0.3) is 0 Å². The van der Waals surface area contributed by atoms with Crippen molar-refractivity contribution in [3.05, 3.63) is 46.8 Å². The topological polar surface area (TPSA) is 65.4 Å². The van der Waals surface area contributed by atoms with Crippen molar-refractivity contribution in [3.8, 4) is 0 Å². The van der Waals surface area contributed by atoms with Crippen molar-refractivity contribution in [1.82, 2.24) is 9.78 Å². The average Bonchev–Trinajstić information content (AvgIpc) is 3.03. The number of rotatable bonds is 3. The predicted molar refractivity (Wildman–Crippen MR) is 98.1 cm³/mol. The van der Waals surface area contributed by atoms with Crippen molar-refractivity contribution in [3.63, 3.8) is 0 Å². The Morgan fingerprint density at radius 2 is 2.27 bits per heavy atom. The minimum Gasteiger partial charge on any atom is -0.461 e. The number of anilines is 1. The Bertz CT molecular complexity index is 830. The molecule has 0 spiro atoms. The second-order valence-electron chi connectivity index (χ2n) is 7.11. The number of carbonyl (C=O) groups is 1. The number of nitrogens with one attached hydrogen (secondary N) is 1. The molecule has 0 bridgehead atoms. The number of benzene rings is 1. The molecule has 3 atom stereocenters. The van der Waals surface area contributed by atoms with Crippen LogP contribution in [0, 0.1) is 12.8 Å². The quantitative estimate of drug-likeness (QED) is 0.853. The average molecular weight is 355 g/mol. The Kier molecular flexibility index (Phi) is 4.44. The molecule has 6 heteroatoms. The fourth-order valence-electron chi connectivity index (χ4n) is 4.16. The first-order valence-corrected chi connectivity index (χ1v) is 9.28. The van der Waals surface area contributed by atoms with Crippen LogP contribution in [0.5, 0.6) is 0 Å². The van der Waals surface area contributed by atoms with Gasteiger partial charge in [0.05, 0.1) is 24.4 Å². The van der Waals surface area contributed by atoms with Gasteiger partial charge in [-0.1, -0.05) is 17.7 Å². The largest absolute Gasteiger partial charge is 0.461 e. The summed E-state index contributed by atoms with van der Waals surface area (Å²) in [5.74, 6) is -0.0684. The van der Waals surface area contributed by atoms with Crippen LogP contribution in [0.1, 0.15) is 59.2 Å². The molecule has 0 radical (unpaired) electrons. The highest BCUT2D eigenvalue weighted by molar-refractivity contribution is 5.87. The lowest BCUT2D eigenvalue weighted by molar-refractivity contribution is -0.0389. The van der Waals surface area contributed by atoms with E-state index < -0.39 is 0 Å². The molecular weight excluding hydrogens is 330 g/mol. The van der Waals surface area contributed by atoms with E-state index in [1.165, 1.54) is 11.1 Å². The lowest BCUT2D eigenvalue weighted by Gasteiger charge is -2.43. The molecule has 0 unspecified atom stereocenters. The molecule has 1 fully saturated rings. The molecule has 3 heterocycles. The van der Waals surface area contributed by atoms with Crippen LogP contribution in [-0.2, 0) is 16.5 Å². The molecule has 6 nitrogen and oxygen atoms in total. The van der Waals surface area contributed by atoms with Crippen molar-refractivity contribution in [2.24, 2.45) is 13.0 Å². The summed E-state index contributed by atoms with van der Waals surface area (Å²) in [7, 11) is 1.88. The number of hydrogen-bond acceptors (Lipinski definition) is 5. The minimum atomic E-state index is -0.377. The van der Waals surface area contributed by atoms with E-state index >= 15 is 0 Å². The molecule has 26 heavy (non-hydrogen) atoms. The highest BCUT2D eigenvalue weighted by Gasteiger charge is 2.41. The first-order valence-electron chi connectivity index (χ1n) is 9.28. The van der Waals surface area contributed by atoms with E-state index in [2.05, 4.69) is 35.5 Å². The number of esters is 1. The summed E-state index contributed by atoms with van der Waals surface area (Å²) < 4.78 is 13.1. The Morgan fingerprint density at radius 1 is 1.42 bits per heavy atom. The number of aromatic nitrogens is 2. The first kappa shape index (κ1) is 17.1. The van der Waals surface area contributed by atoms with E-state index in [1.54, 1.807) is 11.6 Å². The normalized spacial score (nSPS) is 24.3. The van der Waals surface area contributed by atoms with E-state index in [0.717, 1.165) is 30.8 Å². The zero-order chi connectivity index (χ0) is 18.3. The Balaban J connectivity index is 1.72. The van der Waals surface area contributed by atoms with Crippen molar-refractivity contribution in [2.45, 2.75) is 38.8 Å². The van der Waals surface area contributed by atoms with Gasteiger partial charge >= 0.3 is 5.97 Å². The molecule has 0 saturated carbocycles. The fourth-order valence-corrected chi connectivity index (χ4v) is 4.16. The number of fused-ring (bicyclic) bond motifs is 3. The van der Waals surface area contributed by atoms with Gasteiger partial charge < -0.3 is 14.8 Å². The van der Waals surface area contributed by atoms with Gasteiger partial charge in [-0.2, -0.15) is 5.10 Å². The van der Waals surface area contributed by atoms with Crippen LogP contribution in [0.4, 0.5) is 5.69 Å². The Labute approximate surface area is 153 Å². The van der Waals surface area contributed by atoms with E-state index in [0.29, 0.717) is 18.2 Å². The number of nitrogens with zero attached hydrogens (tertiary/aromatic N) is 2. The van der Waals surface area contributed by atoms with Gasteiger partial charge in [-0.05, 0) is 38.8 Å². The second-order valence-corrected chi connectivity index (χ2v) is 7.11. The van der Waals surface area contributed by atoms with Crippen molar-refractivity contribution in [2.75, 3.05) is 18.5 Å². The maximum atomic E-state index is 12.1. The maximum Gasteiger partial charge on any atom is 0.358 e. The maximum absolute atomic E-state index is 12.1. The van der Waals surface area contributed by atoms with Gasteiger partial charge in [-0.15, -0.1) is 0 Å². The third kappa shape index (κ3) is 2.88. The monoisotopic (exact) mass is 355 g/mol. The summed E-state index contributed by atoms with van der Waals surface area (Å²) in [5.41, 5.74) is 4.91.